The first-order valence-corrected chi connectivity index (χ1v) is 5.33. The van der Waals surface area contributed by atoms with Crippen LogP contribution in [0.15, 0.2) is 36.4 Å². The molecule has 0 N–H and O–H groups in total. The number of benzene rings is 1. The summed E-state index contributed by atoms with van der Waals surface area (Å²) in [6.07, 6.45) is 2.41. The fraction of sp³-hybridized carbons (Fsp3) is 0.357. The molecule has 0 spiro atoms. The highest BCUT2D eigenvalue weighted by Gasteiger charge is 2.05. The van der Waals surface area contributed by atoms with Crippen LogP contribution in [0.25, 0.3) is 0 Å². The van der Waals surface area contributed by atoms with Crippen LogP contribution in [0.1, 0.15) is 37.3 Å². The largest absolute Gasteiger partial charge is 0.303 e. The Morgan fingerprint density at radius 3 is 2.47 bits per heavy atom. The number of hydrogen-bond acceptors (Lipinski definition) is 1. The maximum Gasteiger partial charge on any atom is 0.120 e. The molecule has 1 rings (SSSR count). The highest BCUT2D eigenvalue weighted by atomic mass is 16.1. The van der Waals surface area contributed by atoms with Gasteiger partial charge in [0.2, 0.25) is 0 Å². The molecule has 0 heterocycles. The maximum absolute atomic E-state index is 10.2. The molecule has 1 aromatic rings. The molecule has 0 aromatic heterocycles. The van der Waals surface area contributed by atoms with Gasteiger partial charge in [-0.25, -0.2) is 0 Å². The first-order chi connectivity index (χ1) is 7.15. The topological polar surface area (TPSA) is 17.1 Å². The van der Waals surface area contributed by atoms with Crippen molar-refractivity contribution in [1.29, 1.82) is 0 Å². The van der Waals surface area contributed by atoms with E-state index < -0.39 is 0 Å². The fourth-order valence-electron chi connectivity index (χ4n) is 1.48. The molecule has 1 nitrogen and oxygen atoms in total. The van der Waals surface area contributed by atoms with E-state index in [4.69, 9.17) is 0 Å². The molecular formula is C14H18O. The smallest absolute Gasteiger partial charge is 0.120 e. The van der Waals surface area contributed by atoms with Crippen molar-refractivity contribution in [2.24, 2.45) is 0 Å². The number of aldehydes is 1. The third-order valence-electron chi connectivity index (χ3n) is 2.77. The van der Waals surface area contributed by atoms with Crippen LogP contribution in [0.4, 0.5) is 0 Å². The van der Waals surface area contributed by atoms with Crippen LogP contribution in [-0.4, -0.2) is 6.29 Å². The van der Waals surface area contributed by atoms with E-state index >= 15 is 0 Å². The number of rotatable bonds is 5. The van der Waals surface area contributed by atoms with Gasteiger partial charge in [0.05, 0.1) is 0 Å². The van der Waals surface area contributed by atoms with Gasteiger partial charge in [0, 0.05) is 12.3 Å². The zero-order valence-electron chi connectivity index (χ0n) is 9.49. The van der Waals surface area contributed by atoms with Crippen LogP contribution in [-0.2, 0) is 11.2 Å². The molecule has 1 atom stereocenters. The summed E-state index contributed by atoms with van der Waals surface area (Å²) in [5.74, 6) is 0.408. The summed E-state index contributed by atoms with van der Waals surface area (Å²) in [7, 11) is 0. The second-order valence-corrected chi connectivity index (χ2v) is 4.01. The van der Waals surface area contributed by atoms with Crippen LogP contribution in [0.3, 0.4) is 0 Å². The van der Waals surface area contributed by atoms with E-state index in [1.165, 1.54) is 16.7 Å². The first-order valence-electron chi connectivity index (χ1n) is 5.33. The van der Waals surface area contributed by atoms with Gasteiger partial charge in [0.1, 0.15) is 6.29 Å². The summed E-state index contributed by atoms with van der Waals surface area (Å²) in [6, 6.07) is 8.44. The normalized spacial score (nSPS) is 12.1. The van der Waals surface area contributed by atoms with Crippen molar-refractivity contribution in [2.75, 3.05) is 0 Å². The molecule has 0 saturated carbocycles. The van der Waals surface area contributed by atoms with Crippen molar-refractivity contribution in [2.45, 2.75) is 32.6 Å². The van der Waals surface area contributed by atoms with Crippen molar-refractivity contribution < 1.29 is 4.79 Å². The maximum atomic E-state index is 10.2. The average molecular weight is 202 g/mol. The Balaban J connectivity index is 2.71. The lowest BCUT2D eigenvalue weighted by atomic mass is 9.94. The predicted molar refractivity (Wildman–Crippen MR) is 64.1 cm³/mol. The highest BCUT2D eigenvalue weighted by molar-refractivity contribution is 5.50. The first kappa shape index (κ1) is 11.7. The fourth-order valence-corrected chi connectivity index (χ4v) is 1.48. The van der Waals surface area contributed by atoms with Crippen LogP contribution in [0, 0.1) is 0 Å². The van der Waals surface area contributed by atoms with Crippen LogP contribution in [0.2, 0.25) is 0 Å². The SMILES string of the molecule is C=C(C)C(C)c1ccc(CCC=O)cc1. The number of hydrogen-bond donors (Lipinski definition) is 0. The minimum atomic E-state index is 0.408. The van der Waals surface area contributed by atoms with Gasteiger partial charge in [-0.3, -0.25) is 0 Å². The molecule has 0 fully saturated rings. The van der Waals surface area contributed by atoms with E-state index in [0.29, 0.717) is 12.3 Å². The molecule has 15 heavy (non-hydrogen) atoms. The van der Waals surface area contributed by atoms with Gasteiger partial charge in [-0.05, 0) is 24.5 Å². The Kier molecular flexibility index (Phi) is 4.29. The summed E-state index contributed by atoms with van der Waals surface area (Å²) >= 11 is 0. The van der Waals surface area contributed by atoms with Crippen molar-refractivity contribution in [3.63, 3.8) is 0 Å². The van der Waals surface area contributed by atoms with E-state index in [-0.39, 0.29) is 0 Å². The van der Waals surface area contributed by atoms with Gasteiger partial charge < -0.3 is 4.79 Å². The molecular weight excluding hydrogens is 184 g/mol. The Hall–Kier alpha value is -1.37. The van der Waals surface area contributed by atoms with Crippen molar-refractivity contribution >= 4 is 6.29 Å². The molecule has 1 aromatic carbocycles. The molecule has 80 valence electrons. The molecule has 1 heteroatoms. The molecule has 0 aliphatic rings. The Labute approximate surface area is 91.8 Å². The Morgan fingerprint density at radius 2 is 2.00 bits per heavy atom. The van der Waals surface area contributed by atoms with Crippen LogP contribution in [0.5, 0.6) is 0 Å². The van der Waals surface area contributed by atoms with Gasteiger partial charge in [-0.15, -0.1) is 0 Å². The van der Waals surface area contributed by atoms with Crippen molar-refractivity contribution in [3.8, 4) is 0 Å². The second kappa shape index (κ2) is 5.50. The minimum absolute atomic E-state index is 0.408. The Bertz CT molecular complexity index is 335. The number of carbonyl (C=O) groups excluding carboxylic acids is 1. The number of allylic oxidation sites excluding steroid dienone is 1. The van der Waals surface area contributed by atoms with E-state index in [1.807, 2.05) is 6.92 Å². The van der Waals surface area contributed by atoms with Gasteiger partial charge >= 0.3 is 0 Å². The molecule has 0 amide bonds. The standard InChI is InChI=1S/C14H18O/c1-11(2)12(3)14-8-6-13(7-9-14)5-4-10-15/h6-10,12H,1,4-5H2,2-3H3. The summed E-state index contributed by atoms with van der Waals surface area (Å²) in [5, 5.41) is 0. The summed E-state index contributed by atoms with van der Waals surface area (Å²) < 4.78 is 0. The zero-order valence-corrected chi connectivity index (χ0v) is 9.49. The summed E-state index contributed by atoms with van der Waals surface area (Å²) in [5.41, 5.74) is 3.69. The lowest BCUT2D eigenvalue weighted by molar-refractivity contribution is -0.107. The molecule has 0 aliphatic heterocycles. The third-order valence-corrected chi connectivity index (χ3v) is 2.77. The van der Waals surface area contributed by atoms with Crippen molar-refractivity contribution in [1.82, 2.24) is 0 Å². The van der Waals surface area contributed by atoms with E-state index in [1.54, 1.807) is 0 Å². The lowest BCUT2D eigenvalue weighted by Gasteiger charge is -2.11. The van der Waals surface area contributed by atoms with E-state index in [0.717, 1.165) is 12.7 Å². The van der Waals surface area contributed by atoms with Crippen LogP contribution >= 0.6 is 0 Å². The number of carbonyl (C=O) groups is 1. The average Bonchev–Trinajstić information content (AvgIpc) is 2.26. The predicted octanol–water partition coefficient (Wildman–Crippen LogP) is 3.50. The van der Waals surface area contributed by atoms with Gasteiger partial charge in [0.25, 0.3) is 0 Å². The molecule has 0 bridgehead atoms. The minimum Gasteiger partial charge on any atom is -0.303 e. The van der Waals surface area contributed by atoms with Crippen LogP contribution < -0.4 is 0 Å². The molecule has 1 unspecified atom stereocenters. The quantitative estimate of drug-likeness (QED) is 0.527. The van der Waals surface area contributed by atoms with E-state index in [9.17, 15) is 4.79 Å². The molecule has 0 aliphatic carbocycles. The second-order valence-electron chi connectivity index (χ2n) is 4.01. The third kappa shape index (κ3) is 3.35. The zero-order chi connectivity index (χ0) is 11.3. The lowest BCUT2D eigenvalue weighted by Crippen LogP contribution is -1.94. The monoisotopic (exact) mass is 202 g/mol. The Morgan fingerprint density at radius 1 is 1.40 bits per heavy atom. The van der Waals surface area contributed by atoms with Gasteiger partial charge in [-0.2, -0.15) is 0 Å². The van der Waals surface area contributed by atoms with Gasteiger partial charge in [-0.1, -0.05) is 43.3 Å². The summed E-state index contributed by atoms with van der Waals surface area (Å²) in [6.45, 7) is 8.16. The highest BCUT2D eigenvalue weighted by Crippen LogP contribution is 2.22. The summed E-state index contributed by atoms with van der Waals surface area (Å²) in [4.78, 5) is 10.2. The number of aryl methyl sites for hydroxylation is 1. The van der Waals surface area contributed by atoms with Crippen molar-refractivity contribution in [3.05, 3.63) is 47.5 Å². The molecule has 0 saturated heterocycles. The van der Waals surface area contributed by atoms with E-state index in [2.05, 4.69) is 37.8 Å². The molecule has 0 radical (unpaired) electrons. The van der Waals surface area contributed by atoms with Gasteiger partial charge in [0.15, 0.2) is 0 Å².